The van der Waals surface area contributed by atoms with Crippen LogP contribution in [0.25, 0.3) is 11.3 Å². The number of hydrogen-bond donors (Lipinski definition) is 1. The van der Waals surface area contributed by atoms with Gasteiger partial charge in [0.25, 0.3) is 0 Å². The normalized spacial score (nSPS) is 16.0. The van der Waals surface area contributed by atoms with E-state index in [4.69, 9.17) is 12.2 Å². The van der Waals surface area contributed by atoms with Crippen molar-refractivity contribution in [2.75, 3.05) is 24.3 Å². The molecule has 1 aliphatic heterocycles. The molecule has 2 aromatic rings. The molecule has 21 heavy (non-hydrogen) atoms. The van der Waals surface area contributed by atoms with Gasteiger partial charge in [-0.3, -0.25) is 0 Å². The largest absolute Gasteiger partial charge is 0.357 e. The molecule has 2 heterocycles. The summed E-state index contributed by atoms with van der Waals surface area (Å²) < 4.78 is 0. The lowest BCUT2D eigenvalue weighted by Gasteiger charge is -2.30. The van der Waals surface area contributed by atoms with E-state index in [1.165, 1.54) is 0 Å². The molecule has 5 heteroatoms. The minimum Gasteiger partial charge on any atom is -0.357 e. The predicted molar refractivity (Wildman–Crippen MR) is 91.0 cm³/mol. The smallest absolute Gasteiger partial charge is 0.222 e. The van der Waals surface area contributed by atoms with Crippen molar-refractivity contribution >= 4 is 28.8 Å². The molecule has 1 N–H and O–H groups in total. The maximum absolute atomic E-state index is 5.72. The summed E-state index contributed by atoms with van der Waals surface area (Å²) in [6, 6.07) is 8.21. The Bertz CT molecular complexity index is 724. The molecule has 0 saturated heterocycles. The third-order valence-electron chi connectivity index (χ3n) is 4.05. The number of nitrogens with one attached hydrogen (secondary N) is 1. The van der Waals surface area contributed by atoms with E-state index >= 15 is 0 Å². The van der Waals surface area contributed by atoms with Gasteiger partial charge in [-0.25, -0.2) is 9.97 Å². The first-order chi connectivity index (χ1) is 9.96. The third-order valence-corrected chi connectivity index (χ3v) is 4.83. The first-order valence-electron chi connectivity index (χ1n) is 6.89. The fraction of sp³-hybridized carbons (Fsp3) is 0.312. The van der Waals surface area contributed by atoms with Crippen LogP contribution in [-0.4, -0.2) is 29.1 Å². The van der Waals surface area contributed by atoms with Gasteiger partial charge in [0.05, 0.1) is 16.4 Å². The molecule has 1 aliphatic rings. The van der Waals surface area contributed by atoms with Crippen molar-refractivity contribution in [2.24, 2.45) is 0 Å². The Labute approximate surface area is 130 Å². The summed E-state index contributed by atoms with van der Waals surface area (Å²) in [5, 5.41) is 3.01. The van der Waals surface area contributed by atoms with Crippen LogP contribution in [0.4, 0.5) is 11.6 Å². The van der Waals surface area contributed by atoms with Crippen molar-refractivity contribution in [1.82, 2.24) is 9.97 Å². The van der Waals surface area contributed by atoms with Crippen molar-refractivity contribution in [3.05, 3.63) is 36.0 Å². The van der Waals surface area contributed by atoms with Gasteiger partial charge in [-0.2, -0.15) is 0 Å². The molecule has 3 rings (SSSR count). The van der Waals surface area contributed by atoms with Gasteiger partial charge in [-0.15, -0.1) is 0 Å². The van der Waals surface area contributed by atoms with Gasteiger partial charge in [-0.1, -0.05) is 30.4 Å². The van der Waals surface area contributed by atoms with Crippen LogP contribution in [0.2, 0.25) is 0 Å². The Kier molecular flexibility index (Phi) is 3.17. The van der Waals surface area contributed by atoms with E-state index in [1.54, 1.807) is 0 Å². The second-order valence-corrected chi connectivity index (χ2v) is 6.10. The Hall–Kier alpha value is -2.01. The number of rotatable bonds is 1. The number of para-hydroxylation sites is 1. The maximum atomic E-state index is 5.72. The van der Waals surface area contributed by atoms with E-state index in [0.717, 1.165) is 27.5 Å². The second-order valence-electron chi connectivity index (χ2n) is 5.71. The molecule has 0 aliphatic carbocycles. The maximum Gasteiger partial charge on any atom is 0.222 e. The van der Waals surface area contributed by atoms with Crippen molar-refractivity contribution in [3.63, 3.8) is 0 Å². The number of aromatic nitrogens is 2. The Morgan fingerprint density at radius 1 is 1.24 bits per heavy atom. The minimum absolute atomic E-state index is 0.301. The number of anilines is 2. The molecule has 1 aromatic heterocycles. The van der Waals surface area contributed by atoms with Gasteiger partial charge in [-0.05, 0) is 19.9 Å². The van der Waals surface area contributed by atoms with Gasteiger partial charge in [0.1, 0.15) is 0 Å². The molecule has 0 saturated carbocycles. The first-order valence-corrected chi connectivity index (χ1v) is 7.30. The molecular formula is C16H18N4S. The Morgan fingerprint density at radius 2 is 1.95 bits per heavy atom. The zero-order valence-electron chi connectivity index (χ0n) is 12.6. The topological polar surface area (TPSA) is 41.1 Å². The highest BCUT2D eigenvalue weighted by Gasteiger charge is 2.36. The highest BCUT2D eigenvalue weighted by atomic mass is 32.1. The summed E-state index contributed by atoms with van der Waals surface area (Å²) in [6.07, 6.45) is 1.89. The molecule has 108 valence electrons. The van der Waals surface area contributed by atoms with Crippen LogP contribution in [-0.2, 0) is 5.41 Å². The molecular weight excluding hydrogens is 280 g/mol. The van der Waals surface area contributed by atoms with Gasteiger partial charge in [0.2, 0.25) is 5.95 Å². The number of thiocarbonyl (C=S) groups is 1. The van der Waals surface area contributed by atoms with E-state index in [1.807, 2.05) is 32.4 Å². The molecule has 1 aromatic carbocycles. The van der Waals surface area contributed by atoms with Crippen molar-refractivity contribution in [2.45, 2.75) is 19.3 Å². The number of nitrogens with zero attached hydrogens (tertiary/aromatic N) is 3. The van der Waals surface area contributed by atoms with Crippen LogP contribution in [0.1, 0.15) is 19.4 Å². The summed E-state index contributed by atoms with van der Waals surface area (Å²) in [6.45, 7) is 4.25. The van der Waals surface area contributed by atoms with Gasteiger partial charge < -0.3 is 10.2 Å². The van der Waals surface area contributed by atoms with Gasteiger partial charge in [0.15, 0.2) is 0 Å². The monoisotopic (exact) mass is 298 g/mol. The van der Waals surface area contributed by atoms with Crippen LogP contribution in [0.15, 0.2) is 30.5 Å². The molecule has 0 unspecified atom stereocenters. The summed E-state index contributed by atoms with van der Waals surface area (Å²) in [7, 11) is 3.84. The fourth-order valence-corrected chi connectivity index (χ4v) is 2.98. The summed E-state index contributed by atoms with van der Waals surface area (Å²) >= 11 is 5.72. The van der Waals surface area contributed by atoms with Crippen molar-refractivity contribution in [1.29, 1.82) is 0 Å². The second kappa shape index (κ2) is 4.77. The van der Waals surface area contributed by atoms with Crippen molar-refractivity contribution in [3.8, 4) is 11.3 Å². The standard InChI is InChI=1S/C16H18N4S/c1-16(2)11-9-18-15(17-3)19-13(11)10-7-5-6-8-12(10)20(4)14(16)21/h5-9H,1-4H3,(H,17,18,19). The van der Waals surface area contributed by atoms with Crippen LogP contribution >= 0.6 is 12.2 Å². The molecule has 0 bridgehead atoms. The lowest BCUT2D eigenvalue weighted by atomic mass is 9.83. The fourth-order valence-electron chi connectivity index (χ4n) is 2.78. The van der Waals surface area contributed by atoms with Crippen LogP contribution in [0.5, 0.6) is 0 Å². The molecule has 0 radical (unpaired) electrons. The zero-order chi connectivity index (χ0) is 15.2. The summed E-state index contributed by atoms with van der Waals surface area (Å²) in [5.41, 5.74) is 3.87. The van der Waals surface area contributed by atoms with Gasteiger partial charge >= 0.3 is 0 Å². The highest BCUT2D eigenvalue weighted by Crippen LogP contribution is 2.42. The SMILES string of the molecule is CNc1ncc2c(n1)-c1ccccc1N(C)C(=S)C2(C)C. The highest BCUT2D eigenvalue weighted by molar-refractivity contribution is 7.80. The average Bonchev–Trinajstić information content (AvgIpc) is 2.57. The number of fused-ring (bicyclic) bond motifs is 3. The lowest BCUT2D eigenvalue weighted by Crippen LogP contribution is -2.39. The van der Waals surface area contributed by atoms with E-state index in [0.29, 0.717) is 5.95 Å². The van der Waals surface area contributed by atoms with Crippen LogP contribution < -0.4 is 10.2 Å². The van der Waals surface area contributed by atoms with E-state index < -0.39 is 0 Å². The lowest BCUT2D eigenvalue weighted by molar-refractivity contribution is 0.713. The minimum atomic E-state index is -0.301. The zero-order valence-corrected chi connectivity index (χ0v) is 13.5. The molecule has 0 spiro atoms. The third kappa shape index (κ3) is 2.00. The summed E-state index contributed by atoms with van der Waals surface area (Å²) in [5.74, 6) is 0.620. The van der Waals surface area contributed by atoms with E-state index in [9.17, 15) is 0 Å². The summed E-state index contributed by atoms with van der Waals surface area (Å²) in [4.78, 5) is 12.0. The van der Waals surface area contributed by atoms with E-state index in [2.05, 4.69) is 46.2 Å². The van der Waals surface area contributed by atoms with Crippen molar-refractivity contribution < 1.29 is 0 Å². The first kappa shape index (κ1) is 13.9. The predicted octanol–water partition coefficient (Wildman–Crippen LogP) is 3.24. The molecule has 4 nitrogen and oxygen atoms in total. The quantitative estimate of drug-likeness (QED) is 0.819. The number of likely N-dealkylation sites (N-methyl/N-ethyl adjacent to an activating group) is 1. The Morgan fingerprint density at radius 3 is 2.67 bits per heavy atom. The number of benzene rings is 1. The van der Waals surface area contributed by atoms with Gasteiger partial charge in [0, 0.05) is 36.8 Å². The Balaban J connectivity index is 2.39. The van der Waals surface area contributed by atoms with Crippen LogP contribution in [0, 0.1) is 0 Å². The van der Waals surface area contributed by atoms with E-state index in [-0.39, 0.29) is 5.41 Å². The van der Waals surface area contributed by atoms with Crippen LogP contribution in [0.3, 0.4) is 0 Å². The number of hydrogen-bond acceptors (Lipinski definition) is 4. The average molecular weight is 298 g/mol. The molecule has 0 atom stereocenters. The molecule has 0 fully saturated rings. The molecule has 0 amide bonds.